The second kappa shape index (κ2) is 8.48. The summed E-state index contributed by atoms with van der Waals surface area (Å²) in [5.41, 5.74) is 1.47. The number of nitrogens with zero attached hydrogens (tertiary/aromatic N) is 3. The number of benzene rings is 1. The van der Waals surface area contributed by atoms with Gasteiger partial charge in [-0.1, -0.05) is 12.5 Å². The SMILES string of the molecule is O=C(NC[C@H]1CCCN2CCCC[C@H]12)c1cccc(Nc2ncccn2)c1. The van der Waals surface area contributed by atoms with Crippen LogP contribution in [0.1, 0.15) is 42.5 Å². The Balaban J connectivity index is 1.36. The van der Waals surface area contributed by atoms with Crippen LogP contribution in [0.15, 0.2) is 42.7 Å². The Labute approximate surface area is 160 Å². The average molecular weight is 365 g/mol. The van der Waals surface area contributed by atoms with E-state index in [4.69, 9.17) is 0 Å². The highest BCUT2D eigenvalue weighted by molar-refractivity contribution is 5.95. The predicted octanol–water partition coefficient (Wildman–Crippen LogP) is 3.21. The molecule has 0 bridgehead atoms. The number of carbonyl (C=O) groups excluding carboxylic acids is 1. The first kappa shape index (κ1) is 17.9. The fourth-order valence-electron chi connectivity index (χ4n) is 4.37. The van der Waals surface area contributed by atoms with Crippen molar-refractivity contribution in [1.82, 2.24) is 20.2 Å². The van der Waals surface area contributed by atoms with Crippen molar-refractivity contribution in [3.63, 3.8) is 0 Å². The molecule has 1 aromatic carbocycles. The molecule has 1 aromatic heterocycles. The second-order valence-electron chi connectivity index (χ2n) is 7.49. The number of carbonyl (C=O) groups is 1. The lowest BCUT2D eigenvalue weighted by molar-refractivity contribution is 0.0575. The van der Waals surface area contributed by atoms with E-state index in [0.29, 0.717) is 23.5 Å². The van der Waals surface area contributed by atoms with Crippen LogP contribution >= 0.6 is 0 Å². The number of piperidine rings is 2. The third kappa shape index (κ3) is 4.45. The van der Waals surface area contributed by atoms with Gasteiger partial charge in [0.15, 0.2) is 0 Å². The predicted molar refractivity (Wildman–Crippen MR) is 106 cm³/mol. The van der Waals surface area contributed by atoms with E-state index < -0.39 is 0 Å². The summed E-state index contributed by atoms with van der Waals surface area (Å²) in [6.07, 6.45) is 9.75. The van der Waals surface area contributed by atoms with Gasteiger partial charge in [0.05, 0.1) is 0 Å². The highest BCUT2D eigenvalue weighted by Crippen LogP contribution is 2.30. The van der Waals surface area contributed by atoms with Gasteiger partial charge in [0.25, 0.3) is 5.91 Å². The van der Waals surface area contributed by atoms with Gasteiger partial charge in [-0.05, 0) is 69.0 Å². The van der Waals surface area contributed by atoms with Crippen molar-refractivity contribution in [1.29, 1.82) is 0 Å². The van der Waals surface area contributed by atoms with Gasteiger partial charge >= 0.3 is 0 Å². The van der Waals surface area contributed by atoms with Crippen molar-refractivity contribution < 1.29 is 4.79 Å². The number of hydrogen-bond acceptors (Lipinski definition) is 5. The fourth-order valence-corrected chi connectivity index (χ4v) is 4.37. The highest BCUT2D eigenvalue weighted by Gasteiger charge is 2.32. The van der Waals surface area contributed by atoms with Crippen LogP contribution in [0.3, 0.4) is 0 Å². The summed E-state index contributed by atoms with van der Waals surface area (Å²) in [6.45, 7) is 3.22. The molecule has 27 heavy (non-hydrogen) atoms. The molecule has 2 atom stereocenters. The molecule has 6 heteroatoms. The zero-order chi connectivity index (χ0) is 18.5. The minimum Gasteiger partial charge on any atom is -0.352 e. The lowest BCUT2D eigenvalue weighted by Crippen LogP contribution is -2.51. The van der Waals surface area contributed by atoms with Gasteiger partial charge in [-0.25, -0.2) is 9.97 Å². The van der Waals surface area contributed by atoms with Crippen LogP contribution in [0, 0.1) is 5.92 Å². The summed E-state index contributed by atoms with van der Waals surface area (Å²) < 4.78 is 0. The number of nitrogens with one attached hydrogen (secondary N) is 2. The van der Waals surface area contributed by atoms with Gasteiger partial charge in [0, 0.05) is 36.2 Å². The molecule has 2 aliphatic heterocycles. The summed E-state index contributed by atoms with van der Waals surface area (Å²) >= 11 is 0. The number of hydrogen-bond donors (Lipinski definition) is 2. The maximum Gasteiger partial charge on any atom is 0.251 e. The molecule has 1 amide bonds. The first-order valence-electron chi connectivity index (χ1n) is 9.96. The Morgan fingerprint density at radius 1 is 1.07 bits per heavy atom. The largest absolute Gasteiger partial charge is 0.352 e. The quantitative estimate of drug-likeness (QED) is 0.851. The van der Waals surface area contributed by atoms with Gasteiger partial charge in [-0.2, -0.15) is 0 Å². The van der Waals surface area contributed by atoms with Gasteiger partial charge in [-0.15, -0.1) is 0 Å². The Morgan fingerprint density at radius 3 is 2.81 bits per heavy atom. The Bertz CT molecular complexity index is 764. The Morgan fingerprint density at radius 2 is 1.93 bits per heavy atom. The van der Waals surface area contributed by atoms with Crippen molar-refractivity contribution in [2.45, 2.75) is 38.1 Å². The molecular weight excluding hydrogens is 338 g/mol. The molecule has 4 rings (SSSR count). The van der Waals surface area contributed by atoms with Crippen molar-refractivity contribution in [3.8, 4) is 0 Å². The summed E-state index contributed by atoms with van der Waals surface area (Å²) in [6, 6.07) is 9.90. The second-order valence-corrected chi connectivity index (χ2v) is 7.49. The lowest BCUT2D eigenvalue weighted by Gasteiger charge is -2.44. The molecule has 0 spiro atoms. The number of rotatable bonds is 5. The van der Waals surface area contributed by atoms with E-state index in [0.717, 1.165) is 12.2 Å². The van der Waals surface area contributed by atoms with Crippen molar-refractivity contribution in [2.24, 2.45) is 5.92 Å². The van der Waals surface area contributed by atoms with Crippen LogP contribution in [-0.2, 0) is 0 Å². The topological polar surface area (TPSA) is 70.2 Å². The molecule has 142 valence electrons. The van der Waals surface area contributed by atoms with E-state index in [1.165, 1.54) is 45.2 Å². The number of aromatic nitrogens is 2. The van der Waals surface area contributed by atoms with Crippen LogP contribution in [-0.4, -0.2) is 46.5 Å². The first-order valence-corrected chi connectivity index (χ1v) is 9.96. The normalized spacial score (nSPS) is 22.7. The van der Waals surface area contributed by atoms with E-state index in [2.05, 4.69) is 25.5 Å². The average Bonchev–Trinajstić information content (AvgIpc) is 2.73. The summed E-state index contributed by atoms with van der Waals surface area (Å²) in [5.74, 6) is 1.08. The van der Waals surface area contributed by atoms with Crippen LogP contribution in [0.5, 0.6) is 0 Å². The zero-order valence-electron chi connectivity index (χ0n) is 15.6. The molecule has 2 saturated heterocycles. The third-order valence-electron chi connectivity index (χ3n) is 5.70. The molecule has 0 aliphatic carbocycles. The van der Waals surface area contributed by atoms with E-state index in [-0.39, 0.29) is 5.91 Å². The molecule has 2 N–H and O–H groups in total. The highest BCUT2D eigenvalue weighted by atomic mass is 16.1. The van der Waals surface area contributed by atoms with E-state index in [1.54, 1.807) is 18.5 Å². The van der Waals surface area contributed by atoms with Gasteiger partial charge in [0.1, 0.15) is 0 Å². The number of amides is 1. The minimum atomic E-state index is -0.0134. The van der Waals surface area contributed by atoms with Crippen LogP contribution in [0.2, 0.25) is 0 Å². The van der Waals surface area contributed by atoms with Gasteiger partial charge in [0.2, 0.25) is 5.95 Å². The van der Waals surface area contributed by atoms with Crippen LogP contribution in [0.4, 0.5) is 11.6 Å². The third-order valence-corrected chi connectivity index (χ3v) is 5.70. The van der Waals surface area contributed by atoms with Crippen LogP contribution in [0.25, 0.3) is 0 Å². The Kier molecular flexibility index (Phi) is 5.63. The standard InChI is InChI=1S/C21H27N5O/c27-20(24-15-17-7-4-13-26-12-2-1-9-19(17)26)16-6-3-8-18(14-16)25-21-22-10-5-11-23-21/h3,5-6,8,10-11,14,17,19H,1-2,4,7,9,12-13,15H2,(H,24,27)(H,22,23,25)/t17-,19-/m1/s1. The molecule has 0 radical (unpaired) electrons. The molecule has 2 aliphatic rings. The lowest BCUT2D eigenvalue weighted by atomic mass is 9.83. The monoisotopic (exact) mass is 365 g/mol. The number of fused-ring (bicyclic) bond motifs is 1. The minimum absolute atomic E-state index is 0.0134. The van der Waals surface area contributed by atoms with Crippen LogP contribution < -0.4 is 10.6 Å². The Hall–Kier alpha value is -2.47. The zero-order valence-corrected chi connectivity index (χ0v) is 15.6. The van der Waals surface area contributed by atoms with E-state index in [9.17, 15) is 4.79 Å². The molecule has 0 unspecified atom stereocenters. The van der Waals surface area contributed by atoms with E-state index >= 15 is 0 Å². The number of anilines is 2. The molecule has 0 saturated carbocycles. The molecule has 2 fully saturated rings. The molecular formula is C21H27N5O. The van der Waals surface area contributed by atoms with Crippen molar-refractivity contribution >= 4 is 17.5 Å². The summed E-state index contributed by atoms with van der Waals surface area (Å²) in [7, 11) is 0. The van der Waals surface area contributed by atoms with Crippen molar-refractivity contribution in [3.05, 3.63) is 48.3 Å². The fraction of sp³-hybridized carbons (Fsp3) is 0.476. The van der Waals surface area contributed by atoms with Gasteiger partial charge < -0.3 is 15.5 Å². The van der Waals surface area contributed by atoms with E-state index in [1.807, 2.05) is 24.3 Å². The molecule has 3 heterocycles. The van der Waals surface area contributed by atoms with Gasteiger partial charge in [-0.3, -0.25) is 4.79 Å². The maximum absolute atomic E-state index is 12.7. The smallest absolute Gasteiger partial charge is 0.251 e. The first-order chi connectivity index (χ1) is 13.3. The van der Waals surface area contributed by atoms with Crippen molar-refractivity contribution in [2.75, 3.05) is 25.0 Å². The summed E-state index contributed by atoms with van der Waals surface area (Å²) in [4.78, 5) is 23.6. The molecule has 6 nitrogen and oxygen atoms in total. The molecule has 2 aromatic rings. The summed E-state index contributed by atoms with van der Waals surface area (Å²) in [5, 5.41) is 6.30. The maximum atomic E-state index is 12.7.